The number of halogens is 1. The second kappa shape index (κ2) is 6.84. The molecule has 1 atom stereocenters. The maximum atomic E-state index is 11.2. The van der Waals surface area contributed by atoms with E-state index in [4.69, 9.17) is 16.3 Å². The van der Waals surface area contributed by atoms with E-state index in [-0.39, 0.29) is 5.97 Å². The van der Waals surface area contributed by atoms with Crippen LogP contribution in [0.1, 0.15) is 19.3 Å². The Hall–Kier alpha value is -1.42. The molecule has 1 aromatic rings. The molecule has 0 amide bonds. The van der Waals surface area contributed by atoms with Gasteiger partial charge in [-0.1, -0.05) is 11.6 Å². The van der Waals surface area contributed by atoms with E-state index < -0.39 is 0 Å². The summed E-state index contributed by atoms with van der Waals surface area (Å²) < 4.78 is 9.84. The number of nitrogens with zero attached hydrogens (tertiary/aromatic N) is 1. The summed E-state index contributed by atoms with van der Waals surface area (Å²) in [5.41, 5.74) is 1.11. The summed E-state index contributed by atoms with van der Waals surface area (Å²) in [6, 6.07) is 5.84. The Bertz CT molecular complexity index is 478. The first-order chi connectivity index (χ1) is 9.63. The monoisotopic (exact) mass is 297 g/mol. The van der Waals surface area contributed by atoms with E-state index in [1.807, 2.05) is 18.2 Å². The van der Waals surface area contributed by atoms with Gasteiger partial charge in [0.2, 0.25) is 0 Å². The molecule has 1 aromatic carbocycles. The van der Waals surface area contributed by atoms with E-state index in [1.165, 1.54) is 7.11 Å². The fourth-order valence-corrected chi connectivity index (χ4v) is 2.83. The first kappa shape index (κ1) is 15.0. The topological polar surface area (TPSA) is 38.8 Å². The van der Waals surface area contributed by atoms with Crippen LogP contribution in [0.4, 0.5) is 5.69 Å². The molecule has 0 bridgehead atoms. The van der Waals surface area contributed by atoms with Crippen LogP contribution in [0, 0.1) is 5.92 Å². The van der Waals surface area contributed by atoms with Gasteiger partial charge in [-0.2, -0.15) is 0 Å². The third kappa shape index (κ3) is 3.57. The van der Waals surface area contributed by atoms with Gasteiger partial charge in [0.25, 0.3) is 0 Å². The van der Waals surface area contributed by atoms with Crippen molar-refractivity contribution in [1.82, 2.24) is 0 Å². The van der Waals surface area contributed by atoms with Crippen molar-refractivity contribution in [3.63, 3.8) is 0 Å². The van der Waals surface area contributed by atoms with Gasteiger partial charge in [0.1, 0.15) is 5.75 Å². The minimum absolute atomic E-state index is 0.129. The molecule has 1 unspecified atom stereocenters. The Labute approximate surface area is 124 Å². The summed E-state index contributed by atoms with van der Waals surface area (Å²) in [6.07, 6.45) is 2.48. The third-order valence-electron chi connectivity index (χ3n) is 3.77. The Morgan fingerprint density at radius 2 is 2.25 bits per heavy atom. The molecule has 1 fully saturated rings. The number of ether oxygens (including phenoxy) is 2. The highest BCUT2D eigenvalue weighted by Crippen LogP contribution is 2.32. The van der Waals surface area contributed by atoms with Crippen LogP contribution in [-0.4, -0.2) is 33.3 Å². The predicted octanol–water partition coefficient (Wildman–Crippen LogP) is 3.13. The normalized spacial score (nSPS) is 18.1. The summed E-state index contributed by atoms with van der Waals surface area (Å²) in [5.74, 6) is 1.10. The lowest BCUT2D eigenvalue weighted by Gasteiger charge is -2.19. The molecule has 4 nitrogen and oxygen atoms in total. The van der Waals surface area contributed by atoms with Gasteiger partial charge in [0.05, 0.1) is 19.2 Å². The standard InChI is InChI=1S/C15H20ClNO3/c1-19-14-5-4-12(9-13(14)16)17-8-7-11(10-17)3-6-15(18)20-2/h4-5,9,11H,3,6-8,10H2,1-2H3. The van der Waals surface area contributed by atoms with Crippen molar-refractivity contribution in [2.75, 3.05) is 32.2 Å². The zero-order valence-corrected chi connectivity index (χ0v) is 12.7. The van der Waals surface area contributed by atoms with Crippen LogP contribution in [0.2, 0.25) is 5.02 Å². The number of benzene rings is 1. The lowest BCUT2D eigenvalue weighted by atomic mass is 10.0. The van der Waals surface area contributed by atoms with Crippen molar-refractivity contribution >= 4 is 23.3 Å². The van der Waals surface area contributed by atoms with Crippen molar-refractivity contribution in [2.24, 2.45) is 5.92 Å². The Morgan fingerprint density at radius 3 is 2.90 bits per heavy atom. The molecular weight excluding hydrogens is 278 g/mol. The molecule has 1 aliphatic heterocycles. The quantitative estimate of drug-likeness (QED) is 0.783. The summed E-state index contributed by atoms with van der Waals surface area (Å²) in [5, 5.41) is 0.628. The van der Waals surface area contributed by atoms with Crippen molar-refractivity contribution in [1.29, 1.82) is 0 Å². The average Bonchev–Trinajstić information content (AvgIpc) is 2.93. The first-order valence-corrected chi connectivity index (χ1v) is 7.17. The maximum Gasteiger partial charge on any atom is 0.305 e. The highest BCUT2D eigenvalue weighted by Gasteiger charge is 2.23. The molecule has 0 aromatic heterocycles. The van der Waals surface area contributed by atoms with Crippen LogP contribution in [0.3, 0.4) is 0 Å². The molecule has 2 rings (SSSR count). The number of rotatable bonds is 5. The summed E-state index contributed by atoms with van der Waals surface area (Å²) in [4.78, 5) is 13.5. The summed E-state index contributed by atoms with van der Waals surface area (Å²) in [6.45, 7) is 1.95. The van der Waals surface area contributed by atoms with Gasteiger partial charge >= 0.3 is 5.97 Å². The Kier molecular flexibility index (Phi) is 5.12. The van der Waals surface area contributed by atoms with E-state index in [0.717, 1.165) is 31.6 Å². The van der Waals surface area contributed by atoms with E-state index in [9.17, 15) is 4.79 Å². The average molecular weight is 298 g/mol. The van der Waals surface area contributed by atoms with Gasteiger partial charge < -0.3 is 14.4 Å². The van der Waals surface area contributed by atoms with E-state index >= 15 is 0 Å². The lowest BCUT2D eigenvalue weighted by Crippen LogP contribution is -2.19. The number of carbonyl (C=O) groups is 1. The van der Waals surface area contributed by atoms with E-state index in [1.54, 1.807) is 7.11 Å². The molecule has 1 saturated heterocycles. The Balaban J connectivity index is 1.92. The zero-order chi connectivity index (χ0) is 14.5. The number of hydrogen-bond acceptors (Lipinski definition) is 4. The predicted molar refractivity (Wildman–Crippen MR) is 79.6 cm³/mol. The third-order valence-corrected chi connectivity index (χ3v) is 4.07. The van der Waals surface area contributed by atoms with Gasteiger partial charge in [-0.3, -0.25) is 4.79 Å². The van der Waals surface area contributed by atoms with Crippen molar-refractivity contribution in [3.05, 3.63) is 23.2 Å². The number of esters is 1. The molecule has 0 saturated carbocycles. The van der Waals surface area contributed by atoms with Crippen LogP contribution in [-0.2, 0) is 9.53 Å². The molecule has 0 radical (unpaired) electrons. The summed E-state index contributed by atoms with van der Waals surface area (Å²) in [7, 11) is 3.04. The summed E-state index contributed by atoms with van der Waals surface area (Å²) >= 11 is 6.15. The number of hydrogen-bond donors (Lipinski definition) is 0. The van der Waals surface area contributed by atoms with Gasteiger partial charge in [0.15, 0.2) is 0 Å². The molecule has 1 heterocycles. The molecule has 0 spiro atoms. The van der Waals surface area contributed by atoms with Crippen molar-refractivity contribution < 1.29 is 14.3 Å². The molecule has 20 heavy (non-hydrogen) atoms. The van der Waals surface area contributed by atoms with Crippen LogP contribution in [0.5, 0.6) is 5.75 Å². The highest BCUT2D eigenvalue weighted by molar-refractivity contribution is 6.32. The molecule has 0 aliphatic carbocycles. The fourth-order valence-electron chi connectivity index (χ4n) is 2.58. The van der Waals surface area contributed by atoms with E-state index in [2.05, 4.69) is 9.64 Å². The van der Waals surface area contributed by atoms with Crippen molar-refractivity contribution in [3.8, 4) is 5.75 Å². The second-order valence-corrected chi connectivity index (χ2v) is 5.44. The minimum atomic E-state index is -0.129. The fraction of sp³-hybridized carbons (Fsp3) is 0.533. The van der Waals surface area contributed by atoms with Crippen molar-refractivity contribution in [2.45, 2.75) is 19.3 Å². The van der Waals surface area contributed by atoms with Gasteiger partial charge in [-0.15, -0.1) is 0 Å². The van der Waals surface area contributed by atoms with Gasteiger partial charge in [-0.05, 0) is 37.0 Å². The molecule has 5 heteroatoms. The zero-order valence-electron chi connectivity index (χ0n) is 11.9. The number of methoxy groups -OCH3 is 2. The van der Waals surface area contributed by atoms with E-state index in [0.29, 0.717) is 23.1 Å². The molecule has 1 aliphatic rings. The van der Waals surface area contributed by atoms with Crippen LogP contribution >= 0.6 is 11.6 Å². The lowest BCUT2D eigenvalue weighted by molar-refractivity contribution is -0.140. The maximum absolute atomic E-state index is 11.2. The van der Waals surface area contributed by atoms with Crippen LogP contribution in [0.25, 0.3) is 0 Å². The number of carbonyl (C=O) groups excluding carboxylic acids is 1. The molecular formula is C15H20ClNO3. The number of anilines is 1. The van der Waals surface area contributed by atoms with Gasteiger partial charge in [-0.25, -0.2) is 0 Å². The first-order valence-electron chi connectivity index (χ1n) is 6.79. The largest absolute Gasteiger partial charge is 0.495 e. The van der Waals surface area contributed by atoms with Crippen LogP contribution in [0.15, 0.2) is 18.2 Å². The minimum Gasteiger partial charge on any atom is -0.495 e. The SMILES string of the molecule is COC(=O)CCC1CCN(c2ccc(OC)c(Cl)c2)C1. The second-order valence-electron chi connectivity index (χ2n) is 5.03. The molecule has 110 valence electrons. The Morgan fingerprint density at radius 1 is 1.45 bits per heavy atom. The van der Waals surface area contributed by atoms with Gasteiger partial charge in [0, 0.05) is 25.2 Å². The molecule has 0 N–H and O–H groups in total. The smallest absolute Gasteiger partial charge is 0.305 e. The highest BCUT2D eigenvalue weighted by atomic mass is 35.5. The van der Waals surface area contributed by atoms with Crippen LogP contribution < -0.4 is 9.64 Å².